The van der Waals surface area contributed by atoms with Crippen molar-refractivity contribution >= 4 is 33.2 Å². The quantitative estimate of drug-likeness (QED) is 0.574. The van der Waals surface area contributed by atoms with Gasteiger partial charge in [-0.25, -0.2) is 13.1 Å². The molecular formula is C12H15ClF3N3O4S. The standard InChI is InChI=1S/C12H15ClF3N3O4S/c1-11(21,12(14,15)16)10(20)19-9-3-2-7(6-8(9)13)24(22,23)18-5-4-17/h2-3,6,18,21H,4-5,17H2,1H3,(H,19,20)/t11-/m1/s1. The number of carbonyl (C=O) groups is 1. The van der Waals surface area contributed by atoms with Crippen molar-refractivity contribution in [3.63, 3.8) is 0 Å². The highest BCUT2D eigenvalue weighted by Gasteiger charge is 2.55. The summed E-state index contributed by atoms with van der Waals surface area (Å²) in [5.74, 6) is -1.76. The maximum Gasteiger partial charge on any atom is 0.426 e. The molecule has 24 heavy (non-hydrogen) atoms. The summed E-state index contributed by atoms with van der Waals surface area (Å²) in [6.07, 6.45) is -5.20. The van der Waals surface area contributed by atoms with Gasteiger partial charge in [-0.15, -0.1) is 0 Å². The summed E-state index contributed by atoms with van der Waals surface area (Å²) >= 11 is 5.78. The van der Waals surface area contributed by atoms with E-state index in [0.29, 0.717) is 0 Å². The van der Waals surface area contributed by atoms with Gasteiger partial charge in [0.1, 0.15) is 0 Å². The second kappa shape index (κ2) is 7.23. The van der Waals surface area contributed by atoms with Crippen molar-refractivity contribution in [3.05, 3.63) is 23.2 Å². The maximum atomic E-state index is 12.6. The molecule has 1 amide bonds. The molecule has 7 nitrogen and oxygen atoms in total. The first-order chi connectivity index (χ1) is 10.8. The number of anilines is 1. The second-order valence-corrected chi connectivity index (χ2v) is 7.03. The Balaban J connectivity index is 3.04. The van der Waals surface area contributed by atoms with Crippen molar-refractivity contribution in [2.45, 2.75) is 23.6 Å². The smallest absolute Gasteiger partial charge is 0.373 e. The Morgan fingerprint density at radius 3 is 2.42 bits per heavy atom. The predicted octanol–water partition coefficient (Wildman–Crippen LogP) is 0.829. The summed E-state index contributed by atoms with van der Waals surface area (Å²) in [5, 5.41) is 10.7. The molecule has 0 spiro atoms. The third-order valence-electron chi connectivity index (χ3n) is 2.93. The summed E-state index contributed by atoms with van der Waals surface area (Å²) in [6.45, 7) is 0.326. The van der Waals surface area contributed by atoms with Gasteiger partial charge < -0.3 is 16.2 Å². The van der Waals surface area contributed by atoms with E-state index in [-0.39, 0.29) is 35.6 Å². The summed E-state index contributed by atoms with van der Waals surface area (Å²) in [4.78, 5) is 11.3. The SMILES string of the molecule is C[C@@](O)(C(=O)Nc1ccc(S(=O)(=O)NCCN)cc1Cl)C(F)(F)F. The van der Waals surface area contributed by atoms with Gasteiger partial charge in [-0.2, -0.15) is 13.2 Å². The van der Waals surface area contributed by atoms with E-state index in [9.17, 15) is 31.5 Å². The van der Waals surface area contributed by atoms with Crippen LogP contribution in [0.1, 0.15) is 6.92 Å². The molecule has 1 aromatic carbocycles. The van der Waals surface area contributed by atoms with Crippen LogP contribution in [0.15, 0.2) is 23.1 Å². The number of benzene rings is 1. The molecule has 1 aromatic rings. The van der Waals surface area contributed by atoms with E-state index in [1.165, 1.54) is 0 Å². The normalized spacial score (nSPS) is 15.0. The van der Waals surface area contributed by atoms with Crippen LogP contribution in [0.2, 0.25) is 5.02 Å². The minimum absolute atomic E-state index is 0.0209. The highest BCUT2D eigenvalue weighted by Crippen LogP contribution is 2.32. The number of nitrogens with two attached hydrogens (primary N) is 1. The third-order valence-corrected chi connectivity index (χ3v) is 4.70. The van der Waals surface area contributed by atoms with Gasteiger partial charge in [0.05, 0.1) is 15.6 Å². The van der Waals surface area contributed by atoms with Crippen LogP contribution in [-0.4, -0.2) is 44.3 Å². The zero-order valence-electron chi connectivity index (χ0n) is 12.3. The van der Waals surface area contributed by atoms with E-state index in [4.69, 9.17) is 17.3 Å². The lowest BCUT2D eigenvalue weighted by Gasteiger charge is -2.25. The van der Waals surface area contributed by atoms with Gasteiger partial charge in [-0.05, 0) is 25.1 Å². The number of nitrogens with one attached hydrogen (secondary N) is 2. The molecule has 0 saturated heterocycles. The fraction of sp³-hybridized carbons (Fsp3) is 0.417. The topological polar surface area (TPSA) is 122 Å². The molecule has 5 N–H and O–H groups in total. The molecule has 0 aliphatic heterocycles. The molecule has 0 bridgehead atoms. The minimum Gasteiger partial charge on any atom is -0.373 e. The zero-order valence-corrected chi connectivity index (χ0v) is 13.9. The molecule has 0 fully saturated rings. The first-order valence-electron chi connectivity index (χ1n) is 6.43. The number of sulfonamides is 1. The maximum absolute atomic E-state index is 12.6. The van der Waals surface area contributed by atoms with Crippen LogP contribution in [0.3, 0.4) is 0 Å². The van der Waals surface area contributed by atoms with E-state index in [1.54, 1.807) is 5.32 Å². The van der Waals surface area contributed by atoms with Crippen LogP contribution >= 0.6 is 11.6 Å². The molecule has 0 unspecified atom stereocenters. The lowest BCUT2D eigenvalue weighted by atomic mass is 10.1. The van der Waals surface area contributed by atoms with Crippen molar-refractivity contribution in [1.82, 2.24) is 4.72 Å². The third kappa shape index (κ3) is 4.57. The van der Waals surface area contributed by atoms with Gasteiger partial charge in [-0.3, -0.25) is 4.79 Å². The van der Waals surface area contributed by atoms with E-state index in [0.717, 1.165) is 18.2 Å². The van der Waals surface area contributed by atoms with Crippen molar-refractivity contribution < 1.29 is 31.5 Å². The van der Waals surface area contributed by atoms with Crippen LogP contribution in [0.4, 0.5) is 18.9 Å². The average Bonchev–Trinajstić information content (AvgIpc) is 2.45. The average molecular weight is 390 g/mol. The first kappa shape index (κ1) is 20.6. The molecule has 0 radical (unpaired) electrons. The van der Waals surface area contributed by atoms with Crippen molar-refractivity contribution in [2.75, 3.05) is 18.4 Å². The molecule has 136 valence electrons. The van der Waals surface area contributed by atoms with Crippen molar-refractivity contribution in [2.24, 2.45) is 5.73 Å². The monoisotopic (exact) mass is 389 g/mol. The van der Waals surface area contributed by atoms with Crippen molar-refractivity contribution in [3.8, 4) is 0 Å². The Labute approximate surface area is 141 Å². The number of halogens is 4. The van der Waals surface area contributed by atoms with E-state index >= 15 is 0 Å². The predicted molar refractivity (Wildman–Crippen MR) is 81.0 cm³/mol. The number of hydrogen-bond donors (Lipinski definition) is 4. The number of amides is 1. The number of alkyl halides is 3. The first-order valence-corrected chi connectivity index (χ1v) is 8.29. The molecule has 0 aliphatic rings. The number of carbonyl (C=O) groups excluding carboxylic acids is 1. The van der Waals surface area contributed by atoms with Gasteiger partial charge in [0.15, 0.2) is 0 Å². The van der Waals surface area contributed by atoms with Crippen LogP contribution in [0.25, 0.3) is 0 Å². The highest BCUT2D eigenvalue weighted by atomic mass is 35.5. The van der Waals surface area contributed by atoms with Gasteiger partial charge in [-0.1, -0.05) is 11.6 Å². The van der Waals surface area contributed by atoms with Gasteiger partial charge in [0.2, 0.25) is 15.6 Å². The minimum atomic E-state index is -5.20. The summed E-state index contributed by atoms with van der Waals surface area (Å²) in [5.41, 5.74) is 1.26. The lowest BCUT2D eigenvalue weighted by molar-refractivity contribution is -0.242. The van der Waals surface area contributed by atoms with Gasteiger partial charge in [0.25, 0.3) is 5.91 Å². The summed E-state index contributed by atoms with van der Waals surface area (Å²) < 4.78 is 63.7. The van der Waals surface area contributed by atoms with E-state index < -0.39 is 27.7 Å². The van der Waals surface area contributed by atoms with Crippen LogP contribution in [0.5, 0.6) is 0 Å². The van der Waals surface area contributed by atoms with E-state index in [2.05, 4.69) is 4.72 Å². The fourth-order valence-corrected chi connectivity index (χ4v) is 2.78. The molecule has 0 aromatic heterocycles. The molecular weight excluding hydrogens is 375 g/mol. The summed E-state index contributed by atoms with van der Waals surface area (Å²) in [7, 11) is -3.90. The Morgan fingerprint density at radius 1 is 1.38 bits per heavy atom. The molecule has 0 heterocycles. The Morgan fingerprint density at radius 2 is 1.96 bits per heavy atom. The van der Waals surface area contributed by atoms with E-state index in [1.807, 2.05) is 0 Å². The van der Waals surface area contributed by atoms with Crippen LogP contribution in [-0.2, 0) is 14.8 Å². The van der Waals surface area contributed by atoms with Crippen molar-refractivity contribution in [1.29, 1.82) is 0 Å². The Kier molecular flexibility index (Phi) is 6.22. The molecule has 1 atom stereocenters. The summed E-state index contributed by atoms with van der Waals surface area (Å²) in [6, 6.07) is 2.98. The highest BCUT2D eigenvalue weighted by molar-refractivity contribution is 7.89. The zero-order chi connectivity index (χ0) is 18.8. The number of aliphatic hydroxyl groups is 1. The second-order valence-electron chi connectivity index (χ2n) is 4.85. The number of hydrogen-bond acceptors (Lipinski definition) is 5. The lowest BCUT2D eigenvalue weighted by Crippen LogP contribution is -2.52. The van der Waals surface area contributed by atoms with Gasteiger partial charge >= 0.3 is 6.18 Å². The number of rotatable bonds is 6. The Bertz CT molecular complexity index is 723. The molecule has 0 aliphatic carbocycles. The van der Waals surface area contributed by atoms with Crippen LogP contribution in [0, 0.1) is 0 Å². The van der Waals surface area contributed by atoms with Crippen LogP contribution < -0.4 is 15.8 Å². The molecule has 0 saturated carbocycles. The Hall–Kier alpha value is -1.40. The van der Waals surface area contributed by atoms with Gasteiger partial charge in [0, 0.05) is 13.1 Å². The molecule has 1 rings (SSSR count). The molecule has 12 heteroatoms. The fourth-order valence-electron chi connectivity index (χ4n) is 1.41. The largest absolute Gasteiger partial charge is 0.426 e.